The molecule has 2 fully saturated rings. The van der Waals surface area contributed by atoms with E-state index in [1.807, 2.05) is 0 Å². The number of anilines is 1. The number of benzene rings is 1. The highest BCUT2D eigenvalue weighted by Crippen LogP contribution is 2.22. The van der Waals surface area contributed by atoms with Crippen LogP contribution in [0.2, 0.25) is 5.02 Å². The summed E-state index contributed by atoms with van der Waals surface area (Å²) in [6.07, 6.45) is 0.399. The van der Waals surface area contributed by atoms with Gasteiger partial charge in [-0.25, -0.2) is 13.2 Å². The van der Waals surface area contributed by atoms with Crippen LogP contribution in [-0.4, -0.2) is 67.8 Å². The van der Waals surface area contributed by atoms with Gasteiger partial charge in [0.05, 0.1) is 17.4 Å². The molecule has 136 valence electrons. The van der Waals surface area contributed by atoms with E-state index >= 15 is 0 Å². The van der Waals surface area contributed by atoms with Gasteiger partial charge in [0.25, 0.3) is 0 Å². The zero-order valence-corrected chi connectivity index (χ0v) is 15.2. The maximum atomic E-state index is 12.4. The van der Waals surface area contributed by atoms with Crippen LogP contribution in [0.3, 0.4) is 0 Å². The molecule has 1 unspecified atom stereocenters. The van der Waals surface area contributed by atoms with Gasteiger partial charge in [0.1, 0.15) is 0 Å². The summed E-state index contributed by atoms with van der Waals surface area (Å²) in [7, 11) is -3.07. The lowest BCUT2D eigenvalue weighted by Crippen LogP contribution is -2.53. The van der Waals surface area contributed by atoms with Crippen molar-refractivity contribution in [2.45, 2.75) is 6.42 Å². The van der Waals surface area contributed by atoms with Gasteiger partial charge in [0, 0.05) is 36.9 Å². The Hall–Kier alpha value is -1.80. The molecule has 0 radical (unpaired) electrons. The number of urea groups is 1. The molecule has 0 bridgehead atoms. The number of piperazine rings is 1. The largest absolute Gasteiger partial charge is 0.339 e. The van der Waals surface area contributed by atoms with Crippen molar-refractivity contribution in [2.24, 2.45) is 5.92 Å². The minimum absolute atomic E-state index is 0.0543. The molecule has 1 aromatic carbocycles. The van der Waals surface area contributed by atoms with E-state index in [9.17, 15) is 18.0 Å². The highest BCUT2D eigenvalue weighted by molar-refractivity contribution is 7.91. The SMILES string of the molecule is O=C(Nc1cccc(Cl)c1)N1CCN(C(=O)C2CCS(=O)(=O)C2)CC1. The van der Waals surface area contributed by atoms with Gasteiger partial charge in [-0.15, -0.1) is 0 Å². The molecule has 2 aliphatic heterocycles. The Kier molecular flexibility index (Phi) is 5.19. The molecular formula is C16H20ClN3O4S. The smallest absolute Gasteiger partial charge is 0.321 e. The lowest BCUT2D eigenvalue weighted by molar-refractivity contribution is -0.136. The standard InChI is InChI=1S/C16H20ClN3O4S/c17-13-2-1-3-14(10-13)18-16(22)20-7-5-19(6-8-20)15(21)12-4-9-25(23,24)11-12/h1-3,10,12H,4-9,11H2,(H,18,22). The molecule has 3 amide bonds. The molecule has 3 rings (SSSR count). The molecule has 9 heteroatoms. The average Bonchev–Trinajstić information content (AvgIpc) is 2.94. The number of amides is 3. The van der Waals surface area contributed by atoms with E-state index in [4.69, 9.17) is 11.6 Å². The fourth-order valence-electron chi connectivity index (χ4n) is 3.15. The number of nitrogens with zero attached hydrogens (tertiary/aromatic N) is 2. The third-order valence-electron chi connectivity index (χ3n) is 4.54. The summed E-state index contributed by atoms with van der Waals surface area (Å²) in [5, 5.41) is 3.32. The molecule has 0 saturated carbocycles. The zero-order valence-electron chi connectivity index (χ0n) is 13.7. The van der Waals surface area contributed by atoms with Gasteiger partial charge in [-0.2, -0.15) is 0 Å². The molecule has 1 aromatic rings. The first-order valence-corrected chi connectivity index (χ1v) is 10.3. The summed E-state index contributed by atoms with van der Waals surface area (Å²) < 4.78 is 23.1. The van der Waals surface area contributed by atoms with Crippen LogP contribution in [0.4, 0.5) is 10.5 Å². The van der Waals surface area contributed by atoms with Gasteiger partial charge in [-0.3, -0.25) is 4.79 Å². The first-order chi connectivity index (χ1) is 11.8. The van der Waals surface area contributed by atoms with E-state index in [2.05, 4.69) is 5.32 Å². The monoisotopic (exact) mass is 385 g/mol. The molecule has 7 nitrogen and oxygen atoms in total. The second-order valence-electron chi connectivity index (χ2n) is 6.35. The highest BCUT2D eigenvalue weighted by atomic mass is 35.5. The van der Waals surface area contributed by atoms with Crippen LogP contribution >= 0.6 is 11.6 Å². The number of halogens is 1. The maximum absolute atomic E-state index is 12.4. The number of carbonyl (C=O) groups excluding carboxylic acids is 2. The molecule has 2 heterocycles. The fourth-order valence-corrected chi connectivity index (χ4v) is 5.07. The topological polar surface area (TPSA) is 86.8 Å². The molecule has 0 spiro atoms. The van der Waals surface area contributed by atoms with Gasteiger partial charge in [-0.05, 0) is 24.6 Å². The normalized spacial score (nSPS) is 22.7. The van der Waals surface area contributed by atoms with Gasteiger partial charge in [-0.1, -0.05) is 17.7 Å². The van der Waals surface area contributed by atoms with Gasteiger partial charge >= 0.3 is 6.03 Å². The van der Waals surface area contributed by atoms with E-state index in [0.29, 0.717) is 43.3 Å². The van der Waals surface area contributed by atoms with Crippen molar-refractivity contribution in [3.63, 3.8) is 0 Å². The fraction of sp³-hybridized carbons (Fsp3) is 0.500. The molecule has 0 aromatic heterocycles. The van der Waals surface area contributed by atoms with Gasteiger partial charge < -0.3 is 15.1 Å². The Morgan fingerprint density at radius 3 is 2.40 bits per heavy atom. The van der Waals surface area contributed by atoms with Crippen LogP contribution in [0.5, 0.6) is 0 Å². The summed E-state index contributed by atoms with van der Waals surface area (Å²) in [4.78, 5) is 28.0. The van der Waals surface area contributed by atoms with Crippen molar-refractivity contribution in [1.82, 2.24) is 9.80 Å². The van der Waals surface area contributed by atoms with Gasteiger partial charge in [0.2, 0.25) is 5.91 Å². The Morgan fingerprint density at radius 2 is 1.80 bits per heavy atom. The Bertz CT molecular complexity index is 775. The van der Waals surface area contributed by atoms with E-state index in [1.54, 1.807) is 34.1 Å². The van der Waals surface area contributed by atoms with E-state index in [-0.39, 0.29) is 23.4 Å². The summed E-state index contributed by atoms with van der Waals surface area (Å²) >= 11 is 5.90. The van der Waals surface area contributed by atoms with Crippen LogP contribution in [0.1, 0.15) is 6.42 Å². The predicted octanol–water partition coefficient (Wildman–Crippen LogP) is 1.45. The average molecular weight is 386 g/mol. The Morgan fingerprint density at radius 1 is 1.12 bits per heavy atom. The summed E-state index contributed by atoms with van der Waals surface area (Å²) in [5.74, 6) is -0.514. The lowest BCUT2D eigenvalue weighted by Gasteiger charge is -2.35. The van der Waals surface area contributed by atoms with E-state index < -0.39 is 15.8 Å². The van der Waals surface area contributed by atoms with E-state index in [0.717, 1.165) is 0 Å². The number of hydrogen-bond acceptors (Lipinski definition) is 4. The first kappa shape index (κ1) is 18.0. The molecular weight excluding hydrogens is 366 g/mol. The summed E-state index contributed by atoms with van der Waals surface area (Å²) in [6, 6.07) is 6.66. The number of hydrogen-bond donors (Lipinski definition) is 1. The number of nitrogens with one attached hydrogen (secondary N) is 1. The zero-order chi connectivity index (χ0) is 18.0. The second-order valence-corrected chi connectivity index (χ2v) is 9.02. The van der Waals surface area contributed by atoms with Crippen LogP contribution in [0, 0.1) is 5.92 Å². The molecule has 1 atom stereocenters. The predicted molar refractivity (Wildman–Crippen MR) is 95.4 cm³/mol. The van der Waals surface area contributed by atoms with Crippen molar-refractivity contribution in [3.05, 3.63) is 29.3 Å². The number of rotatable bonds is 2. The number of carbonyl (C=O) groups is 2. The summed E-state index contributed by atoms with van der Waals surface area (Å²) in [5.41, 5.74) is 0.618. The molecule has 25 heavy (non-hydrogen) atoms. The lowest BCUT2D eigenvalue weighted by atomic mass is 10.1. The Balaban J connectivity index is 1.51. The van der Waals surface area contributed by atoms with Crippen LogP contribution in [0.15, 0.2) is 24.3 Å². The molecule has 0 aliphatic carbocycles. The first-order valence-electron chi connectivity index (χ1n) is 8.15. The third-order valence-corrected chi connectivity index (χ3v) is 6.54. The van der Waals surface area contributed by atoms with E-state index in [1.165, 1.54) is 0 Å². The van der Waals surface area contributed by atoms with Crippen molar-refractivity contribution in [1.29, 1.82) is 0 Å². The third kappa shape index (κ3) is 4.43. The minimum atomic E-state index is -3.07. The minimum Gasteiger partial charge on any atom is -0.339 e. The van der Waals surface area contributed by atoms with Crippen molar-refractivity contribution < 1.29 is 18.0 Å². The van der Waals surface area contributed by atoms with Crippen LogP contribution < -0.4 is 5.32 Å². The summed E-state index contributed by atoms with van der Waals surface area (Å²) in [6.45, 7) is 1.66. The van der Waals surface area contributed by atoms with Gasteiger partial charge in [0.15, 0.2) is 9.84 Å². The van der Waals surface area contributed by atoms with Crippen molar-refractivity contribution in [3.8, 4) is 0 Å². The molecule has 1 N–H and O–H groups in total. The van der Waals surface area contributed by atoms with Crippen molar-refractivity contribution >= 4 is 39.1 Å². The molecule has 2 saturated heterocycles. The Labute approximate surface area is 151 Å². The molecule has 2 aliphatic rings. The second kappa shape index (κ2) is 7.21. The maximum Gasteiger partial charge on any atom is 0.321 e. The quantitative estimate of drug-likeness (QED) is 0.834. The highest BCUT2D eigenvalue weighted by Gasteiger charge is 2.36. The number of sulfone groups is 1. The van der Waals surface area contributed by atoms with Crippen LogP contribution in [-0.2, 0) is 14.6 Å². The van der Waals surface area contributed by atoms with Crippen molar-refractivity contribution in [2.75, 3.05) is 43.0 Å². The van der Waals surface area contributed by atoms with Crippen LogP contribution in [0.25, 0.3) is 0 Å².